The highest BCUT2D eigenvalue weighted by atomic mass is 79.9. The Kier molecular flexibility index (Phi) is 5.10. The number of nitriles is 1. The molecular weight excluding hydrogens is 352 g/mol. The van der Waals surface area contributed by atoms with Crippen molar-refractivity contribution in [2.75, 3.05) is 12.9 Å². The summed E-state index contributed by atoms with van der Waals surface area (Å²) >= 11 is 4.72. The van der Waals surface area contributed by atoms with Gasteiger partial charge < -0.3 is 9.14 Å². The van der Waals surface area contributed by atoms with E-state index in [9.17, 15) is 10.1 Å². The summed E-state index contributed by atoms with van der Waals surface area (Å²) in [5, 5.41) is 9.39. The zero-order valence-corrected chi connectivity index (χ0v) is 14.0. The molecule has 0 saturated carbocycles. The third-order valence-electron chi connectivity index (χ3n) is 2.89. The summed E-state index contributed by atoms with van der Waals surface area (Å²) in [6.45, 7) is 2.07. The summed E-state index contributed by atoms with van der Waals surface area (Å²) < 4.78 is 7.18. The lowest BCUT2D eigenvalue weighted by Gasteiger charge is -2.02. The molecule has 21 heavy (non-hydrogen) atoms. The van der Waals surface area contributed by atoms with Crippen molar-refractivity contribution in [2.24, 2.45) is 0 Å². The van der Waals surface area contributed by atoms with E-state index in [4.69, 9.17) is 4.74 Å². The van der Waals surface area contributed by atoms with E-state index >= 15 is 0 Å². The first kappa shape index (κ1) is 15.7. The average molecular weight is 365 g/mol. The smallest absolute Gasteiger partial charge is 0.345 e. The Balaban J connectivity index is 2.66. The van der Waals surface area contributed by atoms with E-state index in [2.05, 4.69) is 22.0 Å². The molecule has 0 aliphatic carbocycles. The maximum atomic E-state index is 11.7. The summed E-state index contributed by atoms with van der Waals surface area (Å²) in [6.07, 6.45) is 5.47. The fourth-order valence-corrected chi connectivity index (χ4v) is 3.09. The molecule has 2 rings (SSSR count). The van der Waals surface area contributed by atoms with Gasteiger partial charge in [-0.15, -0.1) is 11.8 Å². The van der Waals surface area contributed by atoms with Crippen LogP contribution in [-0.2, 0) is 9.53 Å². The van der Waals surface area contributed by atoms with Gasteiger partial charge in [-0.05, 0) is 47.3 Å². The number of thioether (sulfide) groups is 1. The summed E-state index contributed by atoms with van der Waals surface area (Å²) in [5.41, 5.74) is 2.22. The van der Waals surface area contributed by atoms with Gasteiger partial charge in [0.25, 0.3) is 0 Å². The zero-order valence-electron chi connectivity index (χ0n) is 11.6. The topological polar surface area (TPSA) is 54.5 Å². The Morgan fingerprint density at radius 2 is 2.33 bits per heavy atom. The number of ether oxygens (including phenoxy) is 1. The molecule has 0 amide bonds. The molecule has 6 heteroatoms. The standard InChI is InChI=1S/C15H13BrN2O2S/c1-3-20-15(19)11(16)8-13-14(21-2)10(9-17)12-6-4-5-7-18(12)13/h4-8H,3H2,1-2H3/b11-8-. The first-order valence-corrected chi connectivity index (χ1v) is 8.27. The SMILES string of the molecule is CCOC(=O)/C(Br)=C/c1c(SC)c(C#N)c2ccccn12. The van der Waals surface area contributed by atoms with Crippen molar-refractivity contribution < 1.29 is 9.53 Å². The van der Waals surface area contributed by atoms with Gasteiger partial charge in [-0.25, -0.2) is 4.79 Å². The molecule has 108 valence electrons. The maximum absolute atomic E-state index is 11.7. The summed E-state index contributed by atoms with van der Waals surface area (Å²) in [7, 11) is 0. The molecule has 0 saturated heterocycles. The van der Waals surface area contributed by atoms with Crippen molar-refractivity contribution in [2.45, 2.75) is 11.8 Å². The van der Waals surface area contributed by atoms with E-state index in [1.807, 2.05) is 35.1 Å². The van der Waals surface area contributed by atoms with Crippen molar-refractivity contribution >= 4 is 45.3 Å². The zero-order chi connectivity index (χ0) is 15.4. The molecule has 0 aliphatic heterocycles. The number of carbonyl (C=O) groups excluding carboxylic acids is 1. The molecule has 0 fully saturated rings. The molecule has 0 radical (unpaired) electrons. The number of pyridine rings is 1. The molecule has 0 unspecified atom stereocenters. The van der Waals surface area contributed by atoms with Gasteiger partial charge in [-0.2, -0.15) is 5.26 Å². The van der Waals surface area contributed by atoms with Crippen molar-refractivity contribution in [3.63, 3.8) is 0 Å². The second-order valence-corrected chi connectivity index (χ2v) is 5.74. The van der Waals surface area contributed by atoms with Gasteiger partial charge in [-0.1, -0.05) is 6.07 Å². The second-order valence-electron chi connectivity index (χ2n) is 4.07. The summed E-state index contributed by atoms with van der Waals surface area (Å²) in [6, 6.07) is 7.88. The first-order valence-electron chi connectivity index (χ1n) is 6.25. The van der Waals surface area contributed by atoms with Crippen LogP contribution >= 0.6 is 27.7 Å². The van der Waals surface area contributed by atoms with Crippen LogP contribution in [-0.4, -0.2) is 23.2 Å². The van der Waals surface area contributed by atoms with Crippen LogP contribution in [0.2, 0.25) is 0 Å². The molecule has 0 aromatic carbocycles. The Labute approximate surface area is 135 Å². The molecule has 2 heterocycles. The number of hydrogen-bond acceptors (Lipinski definition) is 4. The van der Waals surface area contributed by atoms with Crippen LogP contribution in [0, 0.1) is 11.3 Å². The van der Waals surface area contributed by atoms with E-state index in [1.165, 1.54) is 11.8 Å². The Morgan fingerprint density at radius 3 is 2.95 bits per heavy atom. The van der Waals surface area contributed by atoms with Gasteiger partial charge in [-0.3, -0.25) is 0 Å². The van der Waals surface area contributed by atoms with Crippen LogP contribution in [0.3, 0.4) is 0 Å². The molecule has 0 atom stereocenters. The van der Waals surface area contributed by atoms with Gasteiger partial charge >= 0.3 is 5.97 Å². The predicted molar refractivity (Wildman–Crippen MR) is 87.4 cm³/mol. The number of halogens is 1. The number of fused-ring (bicyclic) bond motifs is 1. The molecule has 2 aromatic heterocycles. The third kappa shape index (κ3) is 2.99. The van der Waals surface area contributed by atoms with Gasteiger partial charge in [0.15, 0.2) is 0 Å². The lowest BCUT2D eigenvalue weighted by molar-refractivity contribution is -0.137. The number of rotatable bonds is 4. The molecule has 4 nitrogen and oxygen atoms in total. The van der Waals surface area contributed by atoms with Gasteiger partial charge in [0.1, 0.15) is 10.6 Å². The first-order chi connectivity index (χ1) is 10.1. The maximum Gasteiger partial charge on any atom is 0.345 e. The lowest BCUT2D eigenvalue weighted by Crippen LogP contribution is -2.03. The highest BCUT2D eigenvalue weighted by molar-refractivity contribution is 9.12. The van der Waals surface area contributed by atoms with Gasteiger partial charge in [0.05, 0.1) is 28.3 Å². The predicted octanol–water partition coefficient (Wildman–Crippen LogP) is 3.83. The van der Waals surface area contributed by atoms with Gasteiger partial charge in [0, 0.05) is 6.20 Å². The van der Waals surface area contributed by atoms with Crippen LogP contribution in [0.5, 0.6) is 0 Å². The Hall–Kier alpha value is -1.71. The molecule has 0 bridgehead atoms. The number of nitrogens with zero attached hydrogens (tertiary/aromatic N) is 2. The van der Waals surface area contributed by atoms with Crippen LogP contribution in [0.25, 0.3) is 11.6 Å². The molecular formula is C15H13BrN2O2S. The minimum Gasteiger partial charge on any atom is -0.462 e. The fourth-order valence-electron chi connectivity index (χ4n) is 2.04. The number of carbonyl (C=O) groups is 1. The van der Waals surface area contributed by atoms with E-state index in [0.717, 1.165) is 16.1 Å². The van der Waals surface area contributed by atoms with E-state index in [0.29, 0.717) is 16.7 Å². The minimum atomic E-state index is -0.422. The van der Waals surface area contributed by atoms with Crippen molar-refractivity contribution in [3.05, 3.63) is 40.1 Å². The normalized spacial score (nSPS) is 11.4. The van der Waals surface area contributed by atoms with E-state index in [-0.39, 0.29) is 0 Å². The van der Waals surface area contributed by atoms with Gasteiger partial charge in [0.2, 0.25) is 0 Å². The molecule has 0 N–H and O–H groups in total. The van der Waals surface area contributed by atoms with Crippen LogP contribution in [0.4, 0.5) is 0 Å². The van der Waals surface area contributed by atoms with Crippen LogP contribution < -0.4 is 0 Å². The molecule has 0 aliphatic rings. The quantitative estimate of drug-likeness (QED) is 0.469. The molecule has 2 aromatic rings. The minimum absolute atomic E-state index is 0.315. The number of hydrogen-bond donors (Lipinski definition) is 0. The van der Waals surface area contributed by atoms with Crippen LogP contribution in [0.15, 0.2) is 33.8 Å². The van der Waals surface area contributed by atoms with Crippen LogP contribution in [0.1, 0.15) is 18.2 Å². The highest BCUT2D eigenvalue weighted by Gasteiger charge is 2.17. The van der Waals surface area contributed by atoms with Crippen molar-refractivity contribution in [1.82, 2.24) is 4.40 Å². The summed E-state index contributed by atoms with van der Waals surface area (Å²) in [5.74, 6) is -0.422. The Morgan fingerprint density at radius 1 is 1.57 bits per heavy atom. The van der Waals surface area contributed by atoms with E-state index in [1.54, 1.807) is 13.0 Å². The Bertz CT molecular complexity index is 759. The fraction of sp³-hybridized carbons (Fsp3) is 0.200. The monoisotopic (exact) mass is 364 g/mol. The highest BCUT2D eigenvalue weighted by Crippen LogP contribution is 2.32. The van der Waals surface area contributed by atoms with Crippen molar-refractivity contribution in [3.8, 4) is 6.07 Å². The lowest BCUT2D eigenvalue weighted by atomic mass is 10.2. The largest absolute Gasteiger partial charge is 0.462 e. The average Bonchev–Trinajstić information content (AvgIpc) is 2.80. The summed E-state index contributed by atoms with van der Waals surface area (Å²) in [4.78, 5) is 12.6. The number of esters is 1. The number of aromatic nitrogens is 1. The van der Waals surface area contributed by atoms with Crippen molar-refractivity contribution in [1.29, 1.82) is 5.26 Å². The molecule has 0 spiro atoms. The third-order valence-corrected chi connectivity index (χ3v) is 4.26. The van der Waals surface area contributed by atoms with E-state index < -0.39 is 5.97 Å². The second kappa shape index (κ2) is 6.83.